The third-order valence-corrected chi connectivity index (χ3v) is 4.38. The number of nitrogens with zero attached hydrogens (tertiary/aromatic N) is 2. The summed E-state index contributed by atoms with van der Waals surface area (Å²) in [5, 5.41) is 16.4. The standard InChI is InChI=1S/C16H22Cl2N4O2/c1-2-19-16(22-8-5-12(23)10-22)21-7-6-20-15(24)11-3-4-13(17)14(18)9-11/h3-4,9,12,23H,2,5-8,10H2,1H3,(H,19,21)(H,20,24)/t12-/m1/s1. The van der Waals surface area contributed by atoms with Crippen molar-refractivity contribution in [2.75, 3.05) is 32.7 Å². The van der Waals surface area contributed by atoms with Gasteiger partial charge in [0.25, 0.3) is 5.91 Å². The fourth-order valence-corrected chi connectivity index (χ4v) is 2.73. The molecule has 1 saturated heterocycles. The van der Waals surface area contributed by atoms with E-state index in [0.717, 1.165) is 25.5 Å². The summed E-state index contributed by atoms with van der Waals surface area (Å²) in [7, 11) is 0. The summed E-state index contributed by atoms with van der Waals surface area (Å²) < 4.78 is 0. The SMILES string of the molecule is CCNC(=NCCNC(=O)c1ccc(Cl)c(Cl)c1)N1CC[C@@H](O)C1. The number of carbonyl (C=O) groups excluding carboxylic acids is 1. The van der Waals surface area contributed by atoms with Crippen molar-refractivity contribution in [3.63, 3.8) is 0 Å². The molecule has 0 spiro atoms. The van der Waals surface area contributed by atoms with E-state index < -0.39 is 0 Å². The summed E-state index contributed by atoms with van der Waals surface area (Å²) in [5.41, 5.74) is 0.461. The number of likely N-dealkylation sites (tertiary alicyclic amines) is 1. The van der Waals surface area contributed by atoms with Gasteiger partial charge in [-0.2, -0.15) is 0 Å². The monoisotopic (exact) mass is 372 g/mol. The van der Waals surface area contributed by atoms with Crippen LogP contribution in [0.25, 0.3) is 0 Å². The van der Waals surface area contributed by atoms with Crippen LogP contribution in [0.5, 0.6) is 0 Å². The van der Waals surface area contributed by atoms with E-state index in [1.165, 1.54) is 6.07 Å². The molecule has 0 radical (unpaired) electrons. The zero-order valence-electron chi connectivity index (χ0n) is 13.6. The molecular formula is C16H22Cl2N4O2. The minimum atomic E-state index is -0.303. The van der Waals surface area contributed by atoms with Crippen molar-refractivity contribution in [1.29, 1.82) is 0 Å². The Balaban J connectivity index is 1.85. The maximum Gasteiger partial charge on any atom is 0.251 e. The third-order valence-electron chi connectivity index (χ3n) is 3.64. The van der Waals surface area contributed by atoms with Crippen LogP contribution in [0.1, 0.15) is 23.7 Å². The van der Waals surface area contributed by atoms with Crippen LogP contribution in [0.4, 0.5) is 0 Å². The summed E-state index contributed by atoms with van der Waals surface area (Å²) >= 11 is 11.8. The normalized spacial score (nSPS) is 17.9. The Kier molecular flexibility index (Phi) is 7.15. The Morgan fingerprint density at radius 2 is 2.17 bits per heavy atom. The zero-order valence-corrected chi connectivity index (χ0v) is 15.1. The number of hydrogen-bond acceptors (Lipinski definition) is 3. The van der Waals surface area contributed by atoms with Gasteiger partial charge in [0.15, 0.2) is 5.96 Å². The van der Waals surface area contributed by atoms with E-state index in [9.17, 15) is 9.90 Å². The summed E-state index contributed by atoms with van der Waals surface area (Å²) in [6.07, 6.45) is 0.446. The van der Waals surface area contributed by atoms with Crippen molar-refractivity contribution in [1.82, 2.24) is 15.5 Å². The summed E-state index contributed by atoms with van der Waals surface area (Å²) in [5.74, 6) is 0.545. The highest BCUT2D eigenvalue weighted by atomic mass is 35.5. The van der Waals surface area contributed by atoms with E-state index in [2.05, 4.69) is 15.6 Å². The second kappa shape index (κ2) is 9.11. The summed E-state index contributed by atoms with van der Waals surface area (Å²) in [6, 6.07) is 4.76. The van der Waals surface area contributed by atoms with Crippen LogP contribution in [0.3, 0.4) is 0 Å². The second-order valence-corrected chi connectivity index (χ2v) is 6.32. The van der Waals surface area contributed by atoms with Crippen molar-refractivity contribution < 1.29 is 9.90 Å². The van der Waals surface area contributed by atoms with Crippen LogP contribution in [0.2, 0.25) is 10.0 Å². The van der Waals surface area contributed by atoms with E-state index in [4.69, 9.17) is 23.2 Å². The van der Waals surface area contributed by atoms with Crippen LogP contribution in [-0.4, -0.2) is 60.7 Å². The number of nitrogens with one attached hydrogen (secondary N) is 2. The average molecular weight is 373 g/mol. The molecule has 1 fully saturated rings. The second-order valence-electron chi connectivity index (χ2n) is 5.51. The molecule has 1 aromatic rings. The number of β-amino-alcohol motifs (C(OH)–C–C–N with tert-alkyl or cyclic N) is 1. The Morgan fingerprint density at radius 1 is 1.38 bits per heavy atom. The maximum absolute atomic E-state index is 12.1. The Bertz CT molecular complexity index is 610. The van der Waals surface area contributed by atoms with Crippen molar-refractivity contribution in [2.45, 2.75) is 19.4 Å². The molecule has 0 saturated carbocycles. The van der Waals surface area contributed by atoms with E-state index in [-0.39, 0.29) is 12.0 Å². The molecule has 3 N–H and O–H groups in total. The van der Waals surface area contributed by atoms with Crippen LogP contribution in [0.15, 0.2) is 23.2 Å². The van der Waals surface area contributed by atoms with Gasteiger partial charge >= 0.3 is 0 Å². The summed E-state index contributed by atoms with van der Waals surface area (Å²) in [6.45, 7) is 4.96. The van der Waals surface area contributed by atoms with Crippen molar-refractivity contribution in [2.24, 2.45) is 4.99 Å². The molecule has 1 aliphatic heterocycles. The number of guanidine groups is 1. The fraction of sp³-hybridized carbons (Fsp3) is 0.500. The van der Waals surface area contributed by atoms with Crippen molar-refractivity contribution >= 4 is 35.1 Å². The van der Waals surface area contributed by atoms with Gasteiger partial charge in [0.1, 0.15) is 0 Å². The molecule has 0 bridgehead atoms. The van der Waals surface area contributed by atoms with Gasteiger partial charge in [-0.3, -0.25) is 9.79 Å². The number of hydrogen-bond donors (Lipinski definition) is 3. The smallest absolute Gasteiger partial charge is 0.251 e. The van der Waals surface area contributed by atoms with Crippen LogP contribution in [0, 0.1) is 0 Å². The molecule has 8 heteroatoms. The van der Waals surface area contributed by atoms with Crippen molar-refractivity contribution in [3.8, 4) is 0 Å². The lowest BCUT2D eigenvalue weighted by molar-refractivity contribution is 0.0955. The number of rotatable bonds is 5. The van der Waals surface area contributed by atoms with Crippen LogP contribution < -0.4 is 10.6 Å². The van der Waals surface area contributed by atoms with E-state index >= 15 is 0 Å². The van der Waals surface area contributed by atoms with Crippen LogP contribution >= 0.6 is 23.2 Å². The lowest BCUT2D eigenvalue weighted by atomic mass is 10.2. The van der Waals surface area contributed by atoms with Gasteiger partial charge < -0.3 is 20.6 Å². The first-order chi connectivity index (χ1) is 11.5. The van der Waals surface area contributed by atoms with Gasteiger partial charge in [-0.1, -0.05) is 23.2 Å². The first-order valence-corrected chi connectivity index (χ1v) is 8.71. The molecule has 0 aliphatic carbocycles. The van der Waals surface area contributed by atoms with E-state index in [0.29, 0.717) is 35.2 Å². The number of halogens is 2. The number of aliphatic imine (C=N–C) groups is 1. The molecule has 0 aromatic heterocycles. The minimum absolute atomic E-state index is 0.217. The number of carbonyl (C=O) groups is 1. The third kappa shape index (κ3) is 5.26. The molecule has 2 rings (SSSR count). The maximum atomic E-state index is 12.1. The number of aliphatic hydroxyl groups is 1. The van der Waals surface area contributed by atoms with Crippen molar-refractivity contribution in [3.05, 3.63) is 33.8 Å². The Hall–Kier alpha value is -1.50. The molecule has 1 aliphatic rings. The minimum Gasteiger partial charge on any atom is -0.391 e. The van der Waals surface area contributed by atoms with E-state index in [1.807, 2.05) is 11.8 Å². The number of aliphatic hydroxyl groups excluding tert-OH is 1. The fourth-order valence-electron chi connectivity index (χ4n) is 2.43. The summed E-state index contributed by atoms with van der Waals surface area (Å²) in [4.78, 5) is 18.6. The highest BCUT2D eigenvalue weighted by molar-refractivity contribution is 6.42. The van der Waals surface area contributed by atoms with Gasteiger partial charge in [-0.05, 0) is 31.5 Å². The number of amides is 1. The predicted molar refractivity (Wildman–Crippen MR) is 97.0 cm³/mol. The molecule has 0 unspecified atom stereocenters. The Morgan fingerprint density at radius 3 is 2.79 bits per heavy atom. The lowest BCUT2D eigenvalue weighted by Gasteiger charge is -2.20. The van der Waals surface area contributed by atoms with Gasteiger partial charge in [0.2, 0.25) is 0 Å². The molecule has 1 aromatic carbocycles. The molecule has 1 heterocycles. The first-order valence-electron chi connectivity index (χ1n) is 7.95. The molecule has 132 valence electrons. The largest absolute Gasteiger partial charge is 0.391 e. The zero-order chi connectivity index (χ0) is 17.5. The van der Waals surface area contributed by atoms with E-state index in [1.54, 1.807) is 12.1 Å². The van der Waals surface area contributed by atoms with Gasteiger partial charge in [-0.15, -0.1) is 0 Å². The molecular weight excluding hydrogens is 351 g/mol. The topological polar surface area (TPSA) is 77.0 Å². The highest BCUT2D eigenvalue weighted by Gasteiger charge is 2.22. The molecule has 6 nitrogen and oxygen atoms in total. The van der Waals surface area contributed by atoms with Crippen LogP contribution in [-0.2, 0) is 0 Å². The van der Waals surface area contributed by atoms with Gasteiger partial charge in [0.05, 0.1) is 22.7 Å². The lowest BCUT2D eigenvalue weighted by Crippen LogP contribution is -2.41. The number of benzene rings is 1. The molecule has 1 amide bonds. The quantitative estimate of drug-likeness (QED) is 0.418. The Labute approximate surface area is 151 Å². The average Bonchev–Trinajstić information content (AvgIpc) is 2.99. The van der Waals surface area contributed by atoms with Gasteiger partial charge in [-0.25, -0.2) is 0 Å². The molecule has 1 atom stereocenters. The van der Waals surface area contributed by atoms with Gasteiger partial charge in [0, 0.05) is 31.7 Å². The molecule has 24 heavy (non-hydrogen) atoms. The first kappa shape index (κ1) is 18.8. The predicted octanol–water partition coefficient (Wildman–Crippen LogP) is 1.76. The highest BCUT2D eigenvalue weighted by Crippen LogP contribution is 2.22.